The van der Waals surface area contributed by atoms with Gasteiger partial charge < -0.3 is 0 Å². The van der Waals surface area contributed by atoms with Gasteiger partial charge in [-0.25, -0.2) is 0 Å². The summed E-state index contributed by atoms with van der Waals surface area (Å²) in [5, 5.41) is 0. The third kappa shape index (κ3) is 5.79. The Morgan fingerprint density at radius 1 is 1.00 bits per heavy atom. The van der Waals surface area contributed by atoms with Gasteiger partial charge in [-0.3, -0.25) is 0 Å². The van der Waals surface area contributed by atoms with Crippen molar-refractivity contribution in [1.29, 1.82) is 0 Å². The number of aryl methyl sites for hydroxylation is 1. The number of imidazole rings is 1. The minimum absolute atomic E-state index is 0.579. The van der Waals surface area contributed by atoms with E-state index in [-0.39, 0.29) is 0 Å². The van der Waals surface area contributed by atoms with Gasteiger partial charge in [-0.2, -0.15) is 0 Å². The maximum absolute atomic E-state index is 4.35. The van der Waals surface area contributed by atoms with Crippen LogP contribution in [0.15, 0.2) is 12.5 Å². The van der Waals surface area contributed by atoms with Crippen molar-refractivity contribution in [1.82, 2.24) is 9.55 Å². The summed E-state index contributed by atoms with van der Waals surface area (Å²) < 4.78 is 4.54. The molecule has 0 unspecified atom stereocenters. The van der Waals surface area contributed by atoms with Crippen molar-refractivity contribution < 1.29 is 0 Å². The summed E-state index contributed by atoms with van der Waals surface area (Å²) in [6.07, 6.45) is 16.7. The first-order valence-electron chi connectivity index (χ1n) is 8.42. The second-order valence-electron chi connectivity index (χ2n) is 6.11. The molecule has 0 aliphatic heterocycles. The standard InChI is InChI=1S/C13H27.C4H5N2.Sn/c1-4-7-10-13(11-8-5-2)12-9-6-3;1-6-3-2-5-4-6;/h4-12H2,1-3H3;2,4H,1H3;. The predicted molar refractivity (Wildman–Crippen MR) is 89.9 cm³/mol. The van der Waals surface area contributed by atoms with E-state index < -0.39 is 21.1 Å². The van der Waals surface area contributed by atoms with Crippen molar-refractivity contribution in [2.45, 2.75) is 82.0 Å². The van der Waals surface area contributed by atoms with Gasteiger partial charge in [-0.1, -0.05) is 0 Å². The Labute approximate surface area is 136 Å². The summed E-state index contributed by atoms with van der Waals surface area (Å²) in [7, 11) is 2.17. The minimum atomic E-state index is -0.579. The molecule has 0 aliphatic carbocycles. The second-order valence-corrected chi connectivity index (χ2v) is 11.3. The molecule has 0 atom stereocenters. The Morgan fingerprint density at radius 2 is 1.50 bits per heavy atom. The molecule has 2 radical (unpaired) electrons. The predicted octanol–water partition coefficient (Wildman–Crippen LogP) is 4.48. The SMILES string of the molecule is CCCC[C](CCCC)(CCCC)[Sn][c]1cncn1C. The fraction of sp³-hybridized carbons (Fsp3) is 0.824. The fourth-order valence-corrected chi connectivity index (χ4v) is 8.06. The van der Waals surface area contributed by atoms with Gasteiger partial charge in [0.25, 0.3) is 0 Å². The average Bonchev–Trinajstić information content (AvgIpc) is 2.85. The van der Waals surface area contributed by atoms with Crippen molar-refractivity contribution in [3.8, 4) is 0 Å². The molecule has 1 aromatic rings. The molecule has 0 amide bonds. The number of rotatable bonds is 11. The van der Waals surface area contributed by atoms with E-state index in [1.807, 2.05) is 6.33 Å². The van der Waals surface area contributed by atoms with Crippen molar-refractivity contribution in [2.75, 3.05) is 0 Å². The Kier molecular flexibility index (Phi) is 8.90. The van der Waals surface area contributed by atoms with Gasteiger partial charge in [-0.05, 0) is 0 Å². The average molecular weight is 383 g/mol. The Balaban J connectivity index is 2.84. The van der Waals surface area contributed by atoms with Crippen LogP contribution < -0.4 is 3.71 Å². The topological polar surface area (TPSA) is 17.8 Å². The van der Waals surface area contributed by atoms with Gasteiger partial charge in [0, 0.05) is 0 Å². The molecule has 1 heterocycles. The Bertz CT molecular complexity index is 338. The molecule has 0 aromatic carbocycles. The molecule has 0 spiro atoms. The Hall–Kier alpha value is 0.00870. The zero-order valence-electron chi connectivity index (χ0n) is 13.9. The van der Waals surface area contributed by atoms with E-state index >= 15 is 0 Å². The zero-order chi connectivity index (χ0) is 14.8. The number of unbranched alkanes of at least 4 members (excludes halogenated alkanes) is 3. The molecule has 0 fully saturated rings. The molecule has 0 saturated heterocycles. The van der Waals surface area contributed by atoms with Crippen LogP contribution in [0.25, 0.3) is 0 Å². The summed E-state index contributed by atoms with van der Waals surface area (Å²) in [6.45, 7) is 7.00. The van der Waals surface area contributed by atoms with Crippen LogP contribution in [0.5, 0.6) is 0 Å². The van der Waals surface area contributed by atoms with E-state index in [1.165, 1.54) is 57.8 Å². The molecule has 0 saturated carbocycles. The van der Waals surface area contributed by atoms with E-state index in [9.17, 15) is 0 Å². The Morgan fingerprint density at radius 3 is 1.85 bits per heavy atom. The first-order valence-corrected chi connectivity index (χ1v) is 11.3. The van der Waals surface area contributed by atoms with Crippen molar-refractivity contribution in [3.63, 3.8) is 0 Å². The van der Waals surface area contributed by atoms with Crippen LogP contribution in [-0.2, 0) is 7.05 Å². The summed E-state index contributed by atoms with van der Waals surface area (Å²) in [4.78, 5) is 4.35. The van der Waals surface area contributed by atoms with E-state index in [2.05, 4.69) is 43.6 Å². The zero-order valence-corrected chi connectivity index (χ0v) is 16.8. The van der Waals surface area contributed by atoms with Gasteiger partial charge >= 0.3 is 136 Å². The van der Waals surface area contributed by atoms with Crippen LogP contribution in [0, 0.1) is 0 Å². The number of nitrogens with zero attached hydrogens (tertiary/aromatic N) is 2. The van der Waals surface area contributed by atoms with Crippen LogP contribution >= 0.6 is 0 Å². The van der Waals surface area contributed by atoms with Crippen LogP contribution in [0.4, 0.5) is 0 Å². The van der Waals surface area contributed by atoms with Crippen LogP contribution in [0.2, 0.25) is 3.43 Å². The molecule has 3 heteroatoms. The second kappa shape index (κ2) is 9.86. The molecule has 0 bridgehead atoms. The monoisotopic (exact) mass is 384 g/mol. The van der Waals surface area contributed by atoms with Gasteiger partial charge in [0.05, 0.1) is 0 Å². The molecular formula is C17H32N2Sn. The van der Waals surface area contributed by atoms with E-state index in [0.29, 0.717) is 3.43 Å². The molecule has 114 valence electrons. The summed E-state index contributed by atoms with van der Waals surface area (Å²) in [6, 6.07) is 0. The van der Waals surface area contributed by atoms with Crippen LogP contribution in [0.3, 0.4) is 0 Å². The third-order valence-corrected chi connectivity index (χ3v) is 10.00. The first kappa shape index (κ1) is 18.1. The number of hydrogen-bond donors (Lipinski definition) is 0. The number of hydrogen-bond acceptors (Lipinski definition) is 1. The fourth-order valence-electron chi connectivity index (χ4n) is 2.86. The van der Waals surface area contributed by atoms with Gasteiger partial charge in [-0.15, -0.1) is 0 Å². The summed E-state index contributed by atoms with van der Waals surface area (Å²) in [5.74, 6) is 0. The summed E-state index contributed by atoms with van der Waals surface area (Å²) in [5.41, 5.74) is 0. The summed E-state index contributed by atoms with van der Waals surface area (Å²) >= 11 is -0.579. The molecule has 20 heavy (non-hydrogen) atoms. The first-order chi connectivity index (χ1) is 9.67. The molecular weight excluding hydrogens is 351 g/mol. The quantitative estimate of drug-likeness (QED) is 0.516. The maximum atomic E-state index is 4.35. The van der Waals surface area contributed by atoms with Gasteiger partial charge in [0.15, 0.2) is 0 Å². The van der Waals surface area contributed by atoms with Crippen LogP contribution in [0.1, 0.15) is 78.6 Å². The van der Waals surface area contributed by atoms with E-state index in [4.69, 9.17) is 0 Å². The van der Waals surface area contributed by atoms with Crippen molar-refractivity contribution >= 4 is 24.9 Å². The van der Waals surface area contributed by atoms with E-state index in [1.54, 1.807) is 3.71 Å². The molecule has 1 rings (SSSR count). The normalized spacial score (nSPS) is 12.0. The molecule has 1 aromatic heterocycles. The molecule has 0 N–H and O–H groups in total. The molecule has 0 aliphatic rings. The number of aromatic nitrogens is 2. The van der Waals surface area contributed by atoms with Gasteiger partial charge in [0.2, 0.25) is 0 Å². The molecule has 2 nitrogen and oxygen atoms in total. The van der Waals surface area contributed by atoms with Gasteiger partial charge in [0.1, 0.15) is 0 Å². The van der Waals surface area contributed by atoms with E-state index in [0.717, 1.165) is 0 Å². The third-order valence-electron chi connectivity index (χ3n) is 4.24. The van der Waals surface area contributed by atoms with Crippen molar-refractivity contribution in [3.05, 3.63) is 12.5 Å². The van der Waals surface area contributed by atoms with Crippen LogP contribution in [-0.4, -0.2) is 30.7 Å². The van der Waals surface area contributed by atoms with Crippen molar-refractivity contribution in [2.24, 2.45) is 7.05 Å².